The van der Waals surface area contributed by atoms with E-state index in [1.165, 1.54) is 11.8 Å². The first-order valence-corrected chi connectivity index (χ1v) is 6.51. The van der Waals surface area contributed by atoms with Crippen molar-refractivity contribution >= 4 is 11.7 Å². The Morgan fingerprint density at radius 3 is 2.89 bits per heavy atom. The molecule has 2 atom stereocenters. The minimum atomic E-state index is 0.0226. The number of hydrogen-bond acceptors (Lipinski definition) is 3. The highest BCUT2D eigenvalue weighted by molar-refractivity contribution is 5.89. The normalized spacial score (nSPS) is 21.1. The fourth-order valence-electron chi connectivity index (χ4n) is 2.42. The Balaban J connectivity index is 1.44. The molecule has 1 fully saturated rings. The van der Waals surface area contributed by atoms with Crippen LogP contribution in [-0.2, 0) is 11.2 Å². The summed E-state index contributed by atoms with van der Waals surface area (Å²) in [6.07, 6.45) is 4.29. The number of aromatic nitrogens is 3. The molecule has 1 heterocycles. The van der Waals surface area contributed by atoms with Crippen LogP contribution < -0.4 is 5.32 Å². The fraction of sp³-hybridized carbons (Fsp3) is 0.357. The molecular weight excluding hydrogens is 240 g/mol. The third kappa shape index (κ3) is 3.19. The molecule has 1 aliphatic carbocycles. The minimum Gasteiger partial charge on any atom is -0.308 e. The monoisotopic (exact) mass is 256 g/mol. The van der Waals surface area contributed by atoms with Gasteiger partial charge in [0.15, 0.2) is 5.82 Å². The summed E-state index contributed by atoms with van der Waals surface area (Å²) >= 11 is 0. The maximum absolute atomic E-state index is 11.8. The highest BCUT2D eigenvalue weighted by Crippen LogP contribution is 2.43. The summed E-state index contributed by atoms with van der Waals surface area (Å²) in [5.41, 5.74) is 1.35. The van der Waals surface area contributed by atoms with Gasteiger partial charge in [0.1, 0.15) is 0 Å². The average Bonchev–Trinajstić information content (AvgIpc) is 2.91. The van der Waals surface area contributed by atoms with Crippen LogP contribution in [-0.4, -0.2) is 21.3 Å². The molecular formula is C14H16N4O. The molecule has 5 heteroatoms. The summed E-state index contributed by atoms with van der Waals surface area (Å²) in [7, 11) is 0. The van der Waals surface area contributed by atoms with Gasteiger partial charge in [-0.1, -0.05) is 30.3 Å². The van der Waals surface area contributed by atoms with Crippen molar-refractivity contribution < 1.29 is 4.79 Å². The summed E-state index contributed by atoms with van der Waals surface area (Å²) < 4.78 is 0. The van der Waals surface area contributed by atoms with Crippen molar-refractivity contribution in [3.63, 3.8) is 0 Å². The second kappa shape index (κ2) is 5.22. The molecule has 98 valence electrons. The van der Waals surface area contributed by atoms with E-state index in [1.54, 1.807) is 0 Å². The number of aromatic amines is 1. The quantitative estimate of drug-likeness (QED) is 0.859. The number of amides is 1. The molecule has 5 nitrogen and oxygen atoms in total. The van der Waals surface area contributed by atoms with Gasteiger partial charge in [0.05, 0.1) is 6.20 Å². The maximum Gasteiger partial charge on any atom is 0.225 e. The Hall–Kier alpha value is -2.17. The topological polar surface area (TPSA) is 70.7 Å². The summed E-state index contributed by atoms with van der Waals surface area (Å²) in [4.78, 5) is 11.8. The van der Waals surface area contributed by atoms with E-state index in [9.17, 15) is 4.79 Å². The molecule has 0 aliphatic heterocycles. The van der Waals surface area contributed by atoms with Crippen molar-refractivity contribution in [3.8, 4) is 0 Å². The number of carbonyl (C=O) groups is 1. The smallest absolute Gasteiger partial charge is 0.225 e. The molecule has 1 aliphatic rings. The van der Waals surface area contributed by atoms with Gasteiger partial charge in [0, 0.05) is 6.42 Å². The summed E-state index contributed by atoms with van der Waals surface area (Å²) in [5.74, 6) is 1.66. The molecule has 3 rings (SSSR count). The van der Waals surface area contributed by atoms with E-state index >= 15 is 0 Å². The molecule has 1 aromatic carbocycles. The van der Waals surface area contributed by atoms with Crippen molar-refractivity contribution in [1.29, 1.82) is 0 Å². The Morgan fingerprint density at radius 1 is 1.32 bits per heavy atom. The van der Waals surface area contributed by atoms with Gasteiger partial charge in [-0.25, -0.2) is 0 Å². The molecule has 2 N–H and O–H groups in total. The van der Waals surface area contributed by atoms with Crippen LogP contribution in [0.4, 0.5) is 5.82 Å². The van der Waals surface area contributed by atoms with Crippen LogP contribution in [0, 0.1) is 11.8 Å². The average molecular weight is 256 g/mol. The molecule has 0 spiro atoms. The van der Waals surface area contributed by atoms with Crippen LogP contribution >= 0.6 is 0 Å². The third-order valence-corrected chi connectivity index (χ3v) is 3.54. The van der Waals surface area contributed by atoms with Gasteiger partial charge in [0.25, 0.3) is 0 Å². The first kappa shape index (κ1) is 11.9. The lowest BCUT2D eigenvalue weighted by Crippen LogP contribution is -2.12. The maximum atomic E-state index is 11.8. The van der Waals surface area contributed by atoms with Crippen LogP contribution in [0.3, 0.4) is 0 Å². The Labute approximate surface area is 111 Å². The zero-order valence-electron chi connectivity index (χ0n) is 10.5. The molecule has 1 amide bonds. The molecule has 1 aromatic heterocycles. The molecule has 1 saturated carbocycles. The Bertz CT molecular complexity index is 538. The second-order valence-electron chi connectivity index (χ2n) is 5.05. The van der Waals surface area contributed by atoms with Crippen molar-refractivity contribution in [2.24, 2.45) is 11.8 Å². The number of hydrogen-bond donors (Lipinski definition) is 2. The lowest BCUT2D eigenvalue weighted by atomic mass is 10.1. The highest BCUT2D eigenvalue weighted by atomic mass is 16.1. The van der Waals surface area contributed by atoms with E-state index in [1.807, 2.05) is 6.07 Å². The molecule has 0 unspecified atom stereocenters. The zero-order valence-corrected chi connectivity index (χ0v) is 10.5. The van der Waals surface area contributed by atoms with Crippen molar-refractivity contribution in [3.05, 3.63) is 42.1 Å². The molecule has 0 bridgehead atoms. The van der Waals surface area contributed by atoms with Gasteiger partial charge in [-0.15, -0.1) is 5.10 Å². The summed E-state index contributed by atoms with van der Waals surface area (Å²) in [5, 5.41) is 12.7. The fourth-order valence-corrected chi connectivity index (χ4v) is 2.42. The minimum absolute atomic E-state index is 0.0226. The van der Waals surface area contributed by atoms with Crippen molar-refractivity contribution in [2.45, 2.75) is 19.3 Å². The van der Waals surface area contributed by atoms with E-state index in [2.05, 4.69) is 45.0 Å². The molecule has 19 heavy (non-hydrogen) atoms. The van der Waals surface area contributed by atoms with Gasteiger partial charge in [-0.3, -0.25) is 4.79 Å². The zero-order chi connectivity index (χ0) is 13.1. The van der Waals surface area contributed by atoms with E-state index in [0.717, 1.165) is 12.8 Å². The number of anilines is 1. The van der Waals surface area contributed by atoms with E-state index in [4.69, 9.17) is 0 Å². The highest BCUT2D eigenvalue weighted by Gasteiger charge is 2.38. The van der Waals surface area contributed by atoms with E-state index in [-0.39, 0.29) is 5.91 Å². The first-order valence-electron chi connectivity index (χ1n) is 6.51. The standard InChI is InChI=1S/C14H16N4O/c19-14(16-13-9-15-18-17-13)8-12-7-11(12)6-10-4-2-1-3-5-10/h1-5,9,11-12H,6-8H2,(H2,15,16,17,18,19)/t11-,12+/m1/s1. The molecule has 0 saturated heterocycles. The number of rotatable bonds is 5. The molecule has 0 radical (unpaired) electrons. The Kier molecular flexibility index (Phi) is 3.27. The van der Waals surface area contributed by atoms with Crippen LogP contribution in [0.1, 0.15) is 18.4 Å². The van der Waals surface area contributed by atoms with Crippen LogP contribution in [0.15, 0.2) is 36.5 Å². The van der Waals surface area contributed by atoms with Crippen LogP contribution in [0.5, 0.6) is 0 Å². The van der Waals surface area contributed by atoms with Gasteiger partial charge >= 0.3 is 0 Å². The van der Waals surface area contributed by atoms with Crippen molar-refractivity contribution in [1.82, 2.24) is 15.4 Å². The van der Waals surface area contributed by atoms with Gasteiger partial charge in [0.2, 0.25) is 5.91 Å². The third-order valence-electron chi connectivity index (χ3n) is 3.54. The van der Waals surface area contributed by atoms with Gasteiger partial charge in [-0.2, -0.15) is 10.3 Å². The number of nitrogens with zero attached hydrogens (tertiary/aromatic N) is 2. The van der Waals surface area contributed by atoms with Gasteiger partial charge in [-0.05, 0) is 30.2 Å². The predicted octanol–water partition coefficient (Wildman–Crippen LogP) is 2.01. The SMILES string of the molecule is O=C(C[C@@H]1C[C@H]1Cc1ccccc1)Nc1cn[nH]n1. The number of H-pyrrole nitrogens is 1. The number of carbonyl (C=O) groups excluding carboxylic acids is 1. The summed E-state index contributed by atoms with van der Waals surface area (Å²) in [6, 6.07) is 10.4. The predicted molar refractivity (Wildman–Crippen MR) is 71.4 cm³/mol. The summed E-state index contributed by atoms with van der Waals surface area (Å²) in [6.45, 7) is 0. The van der Waals surface area contributed by atoms with E-state index < -0.39 is 0 Å². The lowest BCUT2D eigenvalue weighted by molar-refractivity contribution is -0.116. The first-order chi connectivity index (χ1) is 9.31. The van der Waals surface area contributed by atoms with Crippen LogP contribution in [0.25, 0.3) is 0 Å². The lowest BCUT2D eigenvalue weighted by Gasteiger charge is -2.02. The number of benzene rings is 1. The molecule has 2 aromatic rings. The van der Waals surface area contributed by atoms with Crippen LogP contribution in [0.2, 0.25) is 0 Å². The Morgan fingerprint density at radius 2 is 2.16 bits per heavy atom. The van der Waals surface area contributed by atoms with Gasteiger partial charge < -0.3 is 5.32 Å². The number of nitrogens with one attached hydrogen (secondary N) is 2. The second-order valence-corrected chi connectivity index (χ2v) is 5.05. The van der Waals surface area contributed by atoms with E-state index in [0.29, 0.717) is 24.1 Å². The van der Waals surface area contributed by atoms with Crippen molar-refractivity contribution in [2.75, 3.05) is 5.32 Å². The largest absolute Gasteiger partial charge is 0.308 e.